The van der Waals surface area contributed by atoms with Crippen molar-refractivity contribution in [2.75, 3.05) is 43.9 Å². The fourth-order valence-electron chi connectivity index (χ4n) is 3.72. The van der Waals surface area contributed by atoms with Crippen molar-refractivity contribution in [2.45, 2.75) is 30.2 Å². The molecule has 208 valence electrons. The molecule has 0 bridgehead atoms. The van der Waals surface area contributed by atoms with Crippen LogP contribution in [0.25, 0.3) is 0 Å². The second kappa shape index (κ2) is 16.6. The van der Waals surface area contributed by atoms with E-state index >= 15 is 0 Å². The molecule has 4 rings (SSSR count). The van der Waals surface area contributed by atoms with Gasteiger partial charge in [-0.2, -0.15) is 0 Å². The van der Waals surface area contributed by atoms with Crippen LogP contribution in [0.3, 0.4) is 0 Å². The Hall–Kier alpha value is -3.34. The SMILES string of the molecule is COc1ccc(N(C)C)cc1.O=CC(Cc1ccccc1)NC(=O)NSNc1ccc(SN2CCCC2)cc1. The van der Waals surface area contributed by atoms with Crippen LogP contribution >= 0.6 is 24.1 Å². The maximum atomic E-state index is 12.0. The molecule has 0 spiro atoms. The van der Waals surface area contributed by atoms with Crippen molar-refractivity contribution < 1.29 is 14.3 Å². The van der Waals surface area contributed by atoms with Crippen LogP contribution in [-0.2, 0) is 11.2 Å². The second-order valence-corrected chi connectivity index (χ2v) is 10.8. The predicted molar refractivity (Wildman–Crippen MR) is 163 cm³/mol. The van der Waals surface area contributed by atoms with Gasteiger partial charge in [-0.15, -0.1) is 0 Å². The highest BCUT2D eigenvalue weighted by Gasteiger charge is 2.13. The normalized spacial score (nSPS) is 13.4. The van der Waals surface area contributed by atoms with Gasteiger partial charge in [-0.05, 0) is 85.3 Å². The van der Waals surface area contributed by atoms with Crippen molar-refractivity contribution in [3.63, 3.8) is 0 Å². The zero-order valence-electron chi connectivity index (χ0n) is 22.6. The summed E-state index contributed by atoms with van der Waals surface area (Å²) >= 11 is 2.85. The van der Waals surface area contributed by atoms with E-state index in [1.54, 1.807) is 19.1 Å². The van der Waals surface area contributed by atoms with Crippen LogP contribution in [0, 0.1) is 0 Å². The molecule has 2 amide bonds. The lowest BCUT2D eigenvalue weighted by molar-refractivity contribution is -0.109. The lowest BCUT2D eigenvalue weighted by Crippen LogP contribution is -2.42. The molecule has 3 N–H and O–H groups in total. The molecule has 1 fully saturated rings. The minimum Gasteiger partial charge on any atom is -0.497 e. The summed E-state index contributed by atoms with van der Waals surface area (Å²) in [5.74, 6) is 0.899. The van der Waals surface area contributed by atoms with Gasteiger partial charge >= 0.3 is 6.03 Å². The van der Waals surface area contributed by atoms with E-state index in [1.807, 2.05) is 80.8 Å². The Morgan fingerprint density at radius 2 is 1.67 bits per heavy atom. The first-order valence-corrected chi connectivity index (χ1v) is 14.4. The summed E-state index contributed by atoms with van der Waals surface area (Å²) < 4.78 is 13.1. The van der Waals surface area contributed by atoms with Gasteiger partial charge in [-0.3, -0.25) is 4.72 Å². The summed E-state index contributed by atoms with van der Waals surface area (Å²) in [4.78, 5) is 26.5. The van der Waals surface area contributed by atoms with Crippen molar-refractivity contribution in [1.82, 2.24) is 14.3 Å². The second-order valence-electron chi connectivity index (χ2n) is 9.06. The van der Waals surface area contributed by atoms with Gasteiger partial charge in [-0.25, -0.2) is 9.10 Å². The first-order valence-electron chi connectivity index (χ1n) is 12.8. The van der Waals surface area contributed by atoms with Gasteiger partial charge in [0.15, 0.2) is 0 Å². The molecule has 39 heavy (non-hydrogen) atoms. The van der Waals surface area contributed by atoms with E-state index in [1.165, 1.54) is 23.4 Å². The van der Waals surface area contributed by atoms with Crippen molar-refractivity contribution in [3.8, 4) is 5.75 Å². The Morgan fingerprint density at radius 1 is 1.00 bits per heavy atom. The molecule has 1 atom stereocenters. The summed E-state index contributed by atoms with van der Waals surface area (Å²) in [6.07, 6.45) is 3.76. The summed E-state index contributed by atoms with van der Waals surface area (Å²) in [5.41, 5.74) is 3.08. The Bertz CT molecular complexity index is 1130. The van der Waals surface area contributed by atoms with Crippen molar-refractivity contribution >= 4 is 47.8 Å². The monoisotopic (exact) mass is 567 g/mol. The summed E-state index contributed by atoms with van der Waals surface area (Å²) in [5, 5.41) is 2.66. The molecule has 3 aromatic rings. The maximum Gasteiger partial charge on any atom is 0.326 e. The number of anilines is 2. The summed E-state index contributed by atoms with van der Waals surface area (Å²) in [7, 11) is 5.70. The number of carbonyl (C=O) groups is 2. The zero-order valence-corrected chi connectivity index (χ0v) is 24.3. The third-order valence-corrected chi connectivity index (χ3v) is 7.57. The topological polar surface area (TPSA) is 85.9 Å². The third kappa shape index (κ3) is 11.1. The quantitative estimate of drug-likeness (QED) is 0.203. The average molecular weight is 568 g/mol. The van der Waals surface area contributed by atoms with Gasteiger partial charge in [-0.1, -0.05) is 30.3 Å². The van der Waals surface area contributed by atoms with Crippen LogP contribution in [0.4, 0.5) is 16.2 Å². The minimum atomic E-state index is -0.565. The van der Waals surface area contributed by atoms with E-state index < -0.39 is 12.1 Å². The number of hydrogen-bond acceptors (Lipinski definition) is 8. The Morgan fingerprint density at radius 3 is 2.26 bits per heavy atom. The van der Waals surface area contributed by atoms with E-state index in [9.17, 15) is 9.59 Å². The number of nitrogens with zero attached hydrogens (tertiary/aromatic N) is 2. The third-order valence-electron chi connectivity index (χ3n) is 5.83. The molecule has 3 aromatic carbocycles. The summed E-state index contributed by atoms with van der Waals surface area (Å²) in [6, 6.07) is 24.7. The zero-order chi connectivity index (χ0) is 27.9. The number of ether oxygens (including phenoxy) is 1. The highest BCUT2D eigenvalue weighted by atomic mass is 32.2. The van der Waals surface area contributed by atoms with E-state index in [-0.39, 0.29) is 0 Å². The number of amides is 2. The number of aldehydes is 1. The molecule has 10 heteroatoms. The molecule has 1 unspecified atom stereocenters. The van der Waals surface area contributed by atoms with Gasteiger partial charge in [0.2, 0.25) is 0 Å². The van der Waals surface area contributed by atoms with E-state index in [0.29, 0.717) is 6.42 Å². The molecule has 0 aliphatic carbocycles. The molecule has 1 heterocycles. The smallest absolute Gasteiger partial charge is 0.326 e. The molecular weight excluding hydrogens is 530 g/mol. The van der Waals surface area contributed by atoms with Gasteiger partial charge < -0.3 is 24.5 Å². The fraction of sp³-hybridized carbons (Fsp3) is 0.310. The minimum absolute atomic E-state index is 0.410. The van der Waals surface area contributed by atoms with Crippen LogP contribution in [0.15, 0.2) is 83.8 Å². The number of benzene rings is 3. The van der Waals surface area contributed by atoms with Gasteiger partial charge in [0.05, 0.1) is 25.3 Å². The number of rotatable bonds is 11. The van der Waals surface area contributed by atoms with Crippen molar-refractivity contribution in [1.29, 1.82) is 0 Å². The standard InChI is InChI=1S/C20H24N4O2S2.C9H13NO/c25-15-18(14-16-6-2-1-3-7-16)21-20(26)23-28-22-17-8-10-19(11-9-17)27-24-12-4-5-13-24;1-10(2)8-4-6-9(11-3)7-5-8/h1-3,6-11,15,18,22H,4-5,12-14H2,(H2,21,23,26);4-7H,1-3H3. The van der Waals surface area contributed by atoms with E-state index in [4.69, 9.17) is 4.74 Å². The number of methoxy groups -OCH3 is 1. The largest absolute Gasteiger partial charge is 0.497 e. The molecule has 1 aliphatic heterocycles. The fourth-order valence-corrected chi connectivity index (χ4v) is 5.18. The Labute approximate surface area is 240 Å². The number of nitrogens with one attached hydrogen (secondary N) is 3. The first-order chi connectivity index (χ1) is 19.0. The number of hydrogen-bond donors (Lipinski definition) is 3. The van der Waals surface area contributed by atoms with Crippen molar-refractivity contribution in [3.05, 3.63) is 84.4 Å². The van der Waals surface area contributed by atoms with E-state index in [0.717, 1.165) is 48.5 Å². The highest BCUT2D eigenvalue weighted by molar-refractivity contribution is 7.99. The van der Waals surface area contributed by atoms with Crippen LogP contribution < -0.4 is 24.4 Å². The Kier molecular flexibility index (Phi) is 12.8. The maximum absolute atomic E-state index is 12.0. The summed E-state index contributed by atoms with van der Waals surface area (Å²) in [6.45, 7) is 2.29. The number of carbonyl (C=O) groups excluding carboxylic acids is 2. The average Bonchev–Trinajstić information content (AvgIpc) is 3.47. The molecule has 1 saturated heterocycles. The first kappa shape index (κ1) is 30.2. The Balaban J connectivity index is 0.000000320. The molecular formula is C29H37N5O3S2. The molecule has 8 nitrogen and oxygen atoms in total. The van der Waals surface area contributed by atoms with Crippen LogP contribution in [0.5, 0.6) is 5.75 Å². The molecule has 1 aliphatic rings. The lowest BCUT2D eigenvalue weighted by atomic mass is 10.1. The lowest BCUT2D eigenvalue weighted by Gasteiger charge is -2.14. The van der Waals surface area contributed by atoms with E-state index in [2.05, 4.69) is 36.1 Å². The molecule has 0 aromatic heterocycles. The van der Waals surface area contributed by atoms with Crippen molar-refractivity contribution in [2.24, 2.45) is 0 Å². The predicted octanol–water partition coefficient (Wildman–Crippen LogP) is 5.64. The van der Waals surface area contributed by atoms with Crippen LogP contribution in [0.2, 0.25) is 0 Å². The number of urea groups is 1. The van der Waals surface area contributed by atoms with Crippen LogP contribution in [-0.4, -0.2) is 57.0 Å². The van der Waals surface area contributed by atoms with Gasteiger partial charge in [0.1, 0.15) is 12.0 Å². The molecule has 0 saturated carbocycles. The van der Waals surface area contributed by atoms with Crippen LogP contribution in [0.1, 0.15) is 18.4 Å². The molecule has 0 radical (unpaired) electrons. The highest BCUT2D eigenvalue weighted by Crippen LogP contribution is 2.27. The van der Waals surface area contributed by atoms with Gasteiger partial charge in [0.25, 0.3) is 0 Å². The van der Waals surface area contributed by atoms with Gasteiger partial charge in [0, 0.05) is 43.5 Å².